The summed E-state index contributed by atoms with van der Waals surface area (Å²) in [6, 6.07) is 0. The number of carboxylic acid groups (broad SMARTS) is 1. The van der Waals surface area contributed by atoms with Crippen LogP contribution in [0.3, 0.4) is 0 Å². The van der Waals surface area contributed by atoms with Crippen molar-refractivity contribution in [3.63, 3.8) is 0 Å². The minimum atomic E-state index is -1.02. The van der Waals surface area contributed by atoms with Crippen LogP contribution in [0.2, 0.25) is 0 Å². The number of rotatable bonds is 31. The zero-order valence-electron chi connectivity index (χ0n) is 27.4. The highest BCUT2D eigenvalue weighted by atomic mass is 16.5. The fourth-order valence-electron chi connectivity index (χ4n) is 5.02. The molecular weight excluding hydrogens is 526 g/mol. The van der Waals surface area contributed by atoms with Crippen molar-refractivity contribution in [3.05, 3.63) is 24.3 Å². The molecule has 1 atom stereocenters. The smallest absolute Gasteiger partial charge is 0.322 e. The maximum absolute atomic E-state index is 12.6. The average molecular weight is 592 g/mol. The number of aliphatic carboxylic acids is 1. The molecule has 0 saturated carbocycles. The second-order valence-corrected chi connectivity index (χ2v) is 11.8. The summed E-state index contributed by atoms with van der Waals surface area (Å²) in [5, 5.41) is 11.0. The molecule has 0 fully saturated rings. The summed E-state index contributed by atoms with van der Waals surface area (Å²) in [5.41, 5.74) is 0. The summed E-state index contributed by atoms with van der Waals surface area (Å²) in [4.78, 5) is 34.7. The van der Waals surface area contributed by atoms with E-state index in [0.29, 0.717) is 12.8 Å². The molecule has 0 aromatic rings. The number of hydrogen-bond acceptors (Lipinski definition) is 4. The standard InChI is InChI=1S/C36H65NO5/c1-3-5-7-9-11-13-14-16-17-20-24-28-33(29-25-21-19-22-26-30-34(38)37-32-35(39)40)42-36(41)31-27-23-18-15-12-10-8-6-4-2/h11,13,16-17,33H,3-10,12,14-15,18-32H2,1-2H3,(H,37,38)(H,39,40)/b13-11-,17-16-. The van der Waals surface area contributed by atoms with Crippen LogP contribution in [0.4, 0.5) is 0 Å². The van der Waals surface area contributed by atoms with Crippen LogP contribution < -0.4 is 5.32 Å². The average Bonchev–Trinajstić information content (AvgIpc) is 2.97. The van der Waals surface area contributed by atoms with Gasteiger partial charge in [0.15, 0.2) is 0 Å². The molecule has 0 spiro atoms. The number of amides is 1. The highest BCUT2D eigenvalue weighted by molar-refractivity contribution is 5.80. The second-order valence-electron chi connectivity index (χ2n) is 11.8. The monoisotopic (exact) mass is 591 g/mol. The molecule has 0 radical (unpaired) electrons. The molecule has 1 amide bonds. The van der Waals surface area contributed by atoms with Gasteiger partial charge >= 0.3 is 11.9 Å². The van der Waals surface area contributed by atoms with Crippen LogP contribution in [0.15, 0.2) is 24.3 Å². The normalized spacial score (nSPS) is 12.2. The van der Waals surface area contributed by atoms with Crippen molar-refractivity contribution in [2.75, 3.05) is 6.54 Å². The van der Waals surface area contributed by atoms with Gasteiger partial charge in [0.1, 0.15) is 12.6 Å². The maximum Gasteiger partial charge on any atom is 0.322 e. The van der Waals surface area contributed by atoms with Gasteiger partial charge in [-0.2, -0.15) is 0 Å². The van der Waals surface area contributed by atoms with E-state index >= 15 is 0 Å². The Labute approximate surface area is 258 Å². The first-order valence-electron chi connectivity index (χ1n) is 17.5. The third kappa shape index (κ3) is 30.8. The highest BCUT2D eigenvalue weighted by Gasteiger charge is 2.14. The van der Waals surface area contributed by atoms with Gasteiger partial charge in [-0.15, -0.1) is 0 Å². The molecule has 0 aliphatic heterocycles. The van der Waals surface area contributed by atoms with Gasteiger partial charge in [-0.1, -0.05) is 122 Å². The fourth-order valence-corrected chi connectivity index (χ4v) is 5.02. The Kier molecular flexibility index (Phi) is 30.2. The maximum atomic E-state index is 12.6. The molecule has 0 rings (SSSR count). The van der Waals surface area contributed by atoms with Crippen molar-refractivity contribution in [2.45, 2.75) is 180 Å². The second kappa shape index (κ2) is 31.8. The summed E-state index contributed by atoms with van der Waals surface area (Å²) in [7, 11) is 0. The topological polar surface area (TPSA) is 92.7 Å². The SMILES string of the molecule is CCCCC/C=C\C/C=C\CCCC(CCCCCCCC(=O)NCC(=O)O)OC(=O)CCCCCCCCCCC. The first kappa shape index (κ1) is 39.9. The van der Waals surface area contributed by atoms with Crippen molar-refractivity contribution in [1.82, 2.24) is 5.32 Å². The van der Waals surface area contributed by atoms with E-state index in [1.165, 1.54) is 70.6 Å². The molecule has 0 saturated heterocycles. The molecule has 1 unspecified atom stereocenters. The number of unbranched alkanes of at least 4 members (excludes halogenated alkanes) is 16. The number of esters is 1. The molecular formula is C36H65NO5. The molecule has 2 N–H and O–H groups in total. The molecule has 0 aliphatic carbocycles. The number of hydrogen-bond donors (Lipinski definition) is 2. The number of carboxylic acids is 1. The van der Waals surface area contributed by atoms with Crippen LogP contribution in [0.25, 0.3) is 0 Å². The number of nitrogens with one attached hydrogen (secondary N) is 1. The van der Waals surface area contributed by atoms with E-state index < -0.39 is 5.97 Å². The van der Waals surface area contributed by atoms with Crippen LogP contribution in [0.5, 0.6) is 0 Å². The summed E-state index contributed by atoms with van der Waals surface area (Å²) in [6.07, 6.45) is 35.7. The Bertz CT molecular complexity index is 703. The van der Waals surface area contributed by atoms with Gasteiger partial charge in [-0.05, 0) is 64.2 Å². The van der Waals surface area contributed by atoms with E-state index in [0.717, 1.165) is 77.0 Å². The number of allylic oxidation sites excluding steroid dienone is 4. The van der Waals surface area contributed by atoms with E-state index in [2.05, 4.69) is 43.5 Å². The summed E-state index contributed by atoms with van der Waals surface area (Å²) in [5.74, 6) is -1.26. The van der Waals surface area contributed by atoms with Gasteiger partial charge in [0.2, 0.25) is 5.91 Å². The molecule has 0 aliphatic rings. The molecule has 0 bridgehead atoms. The largest absolute Gasteiger partial charge is 0.480 e. The van der Waals surface area contributed by atoms with Crippen molar-refractivity contribution in [1.29, 1.82) is 0 Å². The molecule has 42 heavy (non-hydrogen) atoms. The highest BCUT2D eigenvalue weighted by Crippen LogP contribution is 2.17. The lowest BCUT2D eigenvalue weighted by molar-refractivity contribution is -0.150. The predicted molar refractivity (Wildman–Crippen MR) is 176 cm³/mol. The Morgan fingerprint density at radius 3 is 1.74 bits per heavy atom. The van der Waals surface area contributed by atoms with Gasteiger partial charge in [0, 0.05) is 12.8 Å². The van der Waals surface area contributed by atoms with E-state index in [-0.39, 0.29) is 24.5 Å². The fraction of sp³-hybridized carbons (Fsp3) is 0.806. The molecule has 6 heteroatoms. The van der Waals surface area contributed by atoms with Gasteiger partial charge in [0.25, 0.3) is 0 Å². The Hall–Kier alpha value is -2.11. The summed E-state index contributed by atoms with van der Waals surface area (Å²) >= 11 is 0. The number of carbonyl (C=O) groups excluding carboxylic acids is 2. The quantitative estimate of drug-likeness (QED) is 0.0475. The molecule has 244 valence electrons. The summed E-state index contributed by atoms with van der Waals surface area (Å²) in [6.45, 7) is 4.16. The molecule has 0 heterocycles. The van der Waals surface area contributed by atoms with E-state index in [9.17, 15) is 14.4 Å². The van der Waals surface area contributed by atoms with Gasteiger partial charge in [-0.25, -0.2) is 0 Å². The minimum absolute atomic E-state index is 0.00952. The summed E-state index contributed by atoms with van der Waals surface area (Å²) < 4.78 is 5.94. The lowest BCUT2D eigenvalue weighted by Gasteiger charge is -2.18. The third-order valence-corrected chi connectivity index (χ3v) is 7.63. The molecule has 0 aromatic heterocycles. The van der Waals surface area contributed by atoms with E-state index in [1.807, 2.05) is 0 Å². The van der Waals surface area contributed by atoms with Crippen LogP contribution in [-0.4, -0.2) is 35.6 Å². The van der Waals surface area contributed by atoms with Crippen LogP contribution in [-0.2, 0) is 19.1 Å². The lowest BCUT2D eigenvalue weighted by Crippen LogP contribution is -2.28. The Balaban J connectivity index is 4.26. The van der Waals surface area contributed by atoms with E-state index in [4.69, 9.17) is 9.84 Å². The predicted octanol–water partition coefficient (Wildman–Crippen LogP) is 10.0. The molecule has 0 aromatic carbocycles. The lowest BCUT2D eigenvalue weighted by atomic mass is 10.0. The first-order chi connectivity index (χ1) is 20.5. The Morgan fingerprint density at radius 1 is 0.619 bits per heavy atom. The first-order valence-corrected chi connectivity index (χ1v) is 17.5. The number of ether oxygens (including phenoxy) is 1. The Morgan fingerprint density at radius 2 is 1.12 bits per heavy atom. The molecule has 6 nitrogen and oxygen atoms in total. The van der Waals surface area contributed by atoms with Gasteiger partial charge in [0.05, 0.1) is 0 Å². The van der Waals surface area contributed by atoms with Gasteiger partial charge in [-0.3, -0.25) is 14.4 Å². The zero-order chi connectivity index (χ0) is 30.9. The van der Waals surface area contributed by atoms with Crippen LogP contribution >= 0.6 is 0 Å². The minimum Gasteiger partial charge on any atom is -0.480 e. The van der Waals surface area contributed by atoms with Gasteiger partial charge < -0.3 is 15.2 Å². The van der Waals surface area contributed by atoms with Crippen LogP contribution in [0.1, 0.15) is 174 Å². The van der Waals surface area contributed by atoms with Crippen molar-refractivity contribution >= 4 is 17.8 Å². The van der Waals surface area contributed by atoms with Crippen molar-refractivity contribution in [3.8, 4) is 0 Å². The van der Waals surface area contributed by atoms with Crippen LogP contribution in [0, 0.1) is 0 Å². The van der Waals surface area contributed by atoms with E-state index in [1.54, 1.807) is 0 Å². The van der Waals surface area contributed by atoms with Crippen molar-refractivity contribution in [2.24, 2.45) is 0 Å². The van der Waals surface area contributed by atoms with Crippen molar-refractivity contribution < 1.29 is 24.2 Å². The number of carbonyl (C=O) groups is 3. The zero-order valence-corrected chi connectivity index (χ0v) is 27.4. The third-order valence-electron chi connectivity index (χ3n) is 7.63.